The van der Waals surface area contributed by atoms with Crippen LogP contribution >= 0.6 is 0 Å². The maximum absolute atomic E-state index is 12.0. The molecule has 0 saturated carbocycles. The summed E-state index contributed by atoms with van der Waals surface area (Å²) in [4.78, 5) is 0. The lowest BCUT2D eigenvalue weighted by molar-refractivity contribution is -0.285. The largest absolute Gasteiger partial charge is 0.400 e. The molecule has 0 N–H and O–H groups in total. The van der Waals surface area contributed by atoms with Gasteiger partial charge in [-0.05, 0) is 6.42 Å². The molecule has 6 heteroatoms. The Labute approximate surface area is 84.7 Å². The van der Waals surface area contributed by atoms with Gasteiger partial charge in [-0.15, -0.1) is 0 Å². The zero-order chi connectivity index (χ0) is 12.1. The van der Waals surface area contributed by atoms with E-state index in [9.17, 15) is 26.3 Å². The van der Waals surface area contributed by atoms with Gasteiger partial charge in [0.25, 0.3) is 0 Å². The van der Waals surface area contributed by atoms with Crippen LogP contribution in [0, 0.1) is 12.8 Å². The van der Waals surface area contributed by atoms with Crippen molar-refractivity contribution < 1.29 is 26.3 Å². The highest BCUT2D eigenvalue weighted by atomic mass is 19.4. The second kappa shape index (κ2) is 5.61. The Morgan fingerprint density at radius 3 is 1.60 bits per heavy atom. The molecule has 0 unspecified atom stereocenters. The van der Waals surface area contributed by atoms with Crippen molar-refractivity contribution in [2.45, 2.75) is 44.5 Å². The average Bonchev–Trinajstić information content (AvgIpc) is 1.99. The van der Waals surface area contributed by atoms with Gasteiger partial charge in [-0.3, -0.25) is 0 Å². The van der Waals surface area contributed by atoms with E-state index in [1.165, 1.54) is 0 Å². The van der Waals surface area contributed by atoms with Crippen molar-refractivity contribution in [2.75, 3.05) is 0 Å². The Hall–Kier alpha value is -0.420. The van der Waals surface area contributed by atoms with Crippen molar-refractivity contribution in [1.82, 2.24) is 0 Å². The van der Waals surface area contributed by atoms with Gasteiger partial charge < -0.3 is 0 Å². The van der Waals surface area contributed by atoms with Crippen LogP contribution in [0.4, 0.5) is 26.3 Å². The van der Waals surface area contributed by atoms with E-state index in [1.54, 1.807) is 0 Å². The van der Waals surface area contributed by atoms with Gasteiger partial charge in [0, 0.05) is 0 Å². The lowest BCUT2D eigenvalue weighted by Crippen LogP contribution is -2.36. The molecular weight excluding hydrogens is 222 g/mol. The van der Waals surface area contributed by atoms with Crippen molar-refractivity contribution in [3.05, 3.63) is 6.92 Å². The summed E-state index contributed by atoms with van der Waals surface area (Å²) in [5.41, 5.74) is 0. The summed E-state index contributed by atoms with van der Waals surface area (Å²) in [6.45, 7) is 3.46. The van der Waals surface area contributed by atoms with Crippen molar-refractivity contribution in [3.8, 4) is 0 Å². The van der Waals surface area contributed by atoms with E-state index >= 15 is 0 Å². The summed E-state index contributed by atoms with van der Waals surface area (Å²) >= 11 is 0. The summed E-state index contributed by atoms with van der Waals surface area (Å²) in [6.07, 6.45) is -9.89. The number of unbranched alkanes of at least 4 members (excludes halogenated alkanes) is 3. The quantitative estimate of drug-likeness (QED) is 0.485. The molecule has 0 amide bonds. The molecule has 0 heterocycles. The van der Waals surface area contributed by atoms with Gasteiger partial charge >= 0.3 is 12.4 Å². The SMILES string of the molecule is [CH2]CCCCCC(C(F)(F)F)C(F)(F)F. The van der Waals surface area contributed by atoms with Crippen LogP contribution in [-0.4, -0.2) is 12.4 Å². The summed E-state index contributed by atoms with van der Waals surface area (Å²) < 4.78 is 72.0. The second-order valence-electron chi connectivity index (χ2n) is 3.34. The predicted molar refractivity (Wildman–Crippen MR) is 44.0 cm³/mol. The Morgan fingerprint density at radius 1 is 0.800 bits per heavy atom. The van der Waals surface area contributed by atoms with E-state index in [0.717, 1.165) is 0 Å². The lowest BCUT2D eigenvalue weighted by atomic mass is 10.00. The van der Waals surface area contributed by atoms with Crippen LogP contribution in [0.2, 0.25) is 0 Å². The van der Waals surface area contributed by atoms with Crippen LogP contribution in [0.3, 0.4) is 0 Å². The summed E-state index contributed by atoms with van der Waals surface area (Å²) in [7, 11) is 0. The molecule has 91 valence electrons. The standard InChI is InChI=1S/C9H13F6/c1-2-3-4-5-6-7(8(10,11)12)9(13,14)15/h7H,1-6H2. The first-order chi connectivity index (χ1) is 6.69. The fourth-order valence-electron chi connectivity index (χ4n) is 1.21. The van der Waals surface area contributed by atoms with E-state index in [-0.39, 0.29) is 6.42 Å². The zero-order valence-electron chi connectivity index (χ0n) is 8.09. The molecule has 15 heavy (non-hydrogen) atoms. The normalized spacial score (nSPS) is 13.6. The maximum Gasteiger partial charge on any atom is 0.400 e. The van der Waals surface area contributed by atoms with E-state index in [4.69, 9.17) is 0 Å². The van der Waals surface area contributed by atoms with Crippen LogP contribution in [-0.2, 0) is 0 Å². The highest BCUT2D eigenvalue weighted by Gasteiger charge is 2.55. The third kappa shape index (κ3) is 5.89. The van der Waals surface area contributed by atoms with Gasteiger partial charge in [0.05, 0.1) is 0 Å². The molecule has 0 nitrogen and oxygen atoms in total. The topological polar surface area (TPSA) is 0 Å². The molecule has 0 aliphatic carbocycles. The molecular formula is C9H13F6. The molecule has 0 aromatic carbocycles. The Kier molecular flexibility index (Phi) is 5.45. The molecule has 0 fully saturated rings. The number of hydrogen-bond donors (Lipinski definition) is 0. The molecule has 0 atom stereocenters. The van der Waals surface area contributed by atoms with Gasteiger partial charge in [-0.2, -0.15) is 26.3 Å². The van der Waals surface area contributed by atoms with Crippen molar-refractivity contribution in [1.29, 1.82) is 0 Å². The molecule has 0 aliphatic rings. The van der Waals surface area contributed by atoms with Crippen LogP contribution in [0.25, 0.3) is 0 Å². The van der Waals surface area contributed by atoms with Crippen molar-refractivity contribution in [3.63, 3.8) is 0 Å². The van der Waals surface area contributed by atoms with Gasteiger partial charge in [-0.25, -0.2) is 0 Å². The number of halogens is 6. The fraction of sp³-hybridized carbons (Fsp3) is 0.889. The minimum Gasteiger partial charge on any atom is -0.170 e. The third-order valence-corrected chi connectivity index (χ3v) is 2.03. The number of hydrogen-bond acceptors (Lipinski definition) is 0. The van der Waals surface area contributed by atoms with Gasteiger partial charge in [0.1, 0.15) is 0 Å². The van der Waals surface area contributed by atoms with Gasteiger partial charge in [0.2, 0.25) is 0 Å². The number of rotatable bonds is 5. The first-order valence-corrected chi connectivity index (χ1v) is 4.62. The Bertz CT molecular complexity index is 154. The average molecular weight is 235 g/mol. The smallest absolute Gasteiger partial charge is 0.170 e. The number of alkyl halides is 6. The van der Waals surface area contributed by atoms with E-state index in [1.807, 2.05) is 0 Å². The first-order valence-electron chi connectivity index (χ1n) is 4.62. The second-order valence-corrected chi connectivity index (χ2v) is 3.34. The zero-order valence-corrected chi connectivity index (χ0v) is 8.09. The minimum atomic E-state index is -5.19. The molecule has 0 spiro atoms. The molecule has 0 aromatic heterocycles. The Morgan fingerprint density at radius 2 is 1.27 bits per heavy atom. The predicted octanol–water partition coefficient (Wildman–Crippen LogP) is 4.51. The van der Waals surface area contributed by atoms with Crippen molar-refractivity contribution in [2.24, 2.45) is 5.92 Å². The maximum atomic E-state index is 12.0. The van der Waals surface area contributed by atoms with E-state index in [0.29, 0.717) is 19.3 Å². The molecule has 0 aliphatic heterocycles. The highest BCUT2D eigenvalue weighted by molar-refractivity contribution is 4.75. The molecule has 0 saturated heterocycles. The lowest BCUT2D eigenvalue weighted by Gasteiger charge is -2.22. The minimum absolute atomic E-state index is 0.0702. The van der Waals surface area contributed by atoms with E-state index in [2.05, 4.69) is 6.92 Å². The van der Waals surface area contributed by atoms with Crippen LogP contribution < -0.4 is 0 Å². The summed E-state index contributed by atoms with van der Waals surface area (Å²) in [5.74, 6) is -3.19. The molecule has 0 aromatic rings. The molecule has 1 radical (unpaired) electrons. The summed E-state index contributed by atoms with van der Waals surface area (Å²) in [5, 5.41) is 0. The van der Waals surface area contributed by atoms with Crippen molar-refractivity contribution >= 4 is 0 Å². The van der Waals surface area contributed by atoms with Gasteiger partial charge in [-0.1, -0.05) is 32.6 Å². The summed E-state index contributed by atoms with van der Waals surface area (Å²) in [6, 6.07) is 0. The van der Waals surface area contributed by atoms with Crippen LogP contribution in [0.15, 0.2) is 0 Å². The third-order valence-electron chi connectivity index (χ3n) is 2.03. The molecule has 0 bridgehead atoms. The molecule has 0 rings (SSSR count). The fourth-order valence-corrected chi connectivity index (χ4v) is 1.21. The van der Waals surface area contributed by atoms with Crippen LogP contribution in [0.5, 0.6) is 0 Å². The Balaban J connectivity index is 4.17. The monoisotopic (exact) mass is 235 g/mol. The van der Waals surface area contributed by atoms with E-state index < -0.39 is 24.7 Å². The highest BCUT2D eigenvalue weighted by Crippen LogP contribution is 2.42. The van der Waals surface area contributed by atoms with Gasteiger partial charge in [0.15, 0.2) is 5.92 Å². The first kappa shape index (κ1) is 14.6. The van der Waals surface area contributed by atoms with Crippen LogP contribution in [0.1, 0.15) is 32.1 Å².